The Hall–Kier alpha value is -3.22. The van der Waals surface area contributed by atoms with Crippen molar-refractivity contribution in [2.24, 2.45) is 17.4 Å². The van der Waals surface area contributed by atoms with Crippen LogP contribution in [0.4, 0.5) is 0 Å². The van der Waals surface area contributed by atoms with E-state index in [9.17, 15) is 33.9 Å². The number of hydrogen-bond donors (Lipinski definition) is 7. The van der Waals surface area contributed by atoms with E-state index < -0.39 is 72.0 Å². The summed E-state index contributed by atoms with van der Waals surface area (Å²) in [6.45, 7) is 3.91. The second-order valence-electron chi connectivity index (χ2n) is 8.02. The summed E-state index contributed by atoms with van der Waals surface area (Å²) in [7, 11) is 0. The fraction of sp³-hybridized carbons (Fsp3) is 0.684. The number of nitrogens with two attached hydrogens (primary N) is 2. The molecule has 0 aromatic carbocycles. The van der Waals surface area contributed by atoms with Crippen molar-refractivity contribution in [3.05, 3.63) is 0 Å². The summed E-state index contributed by atoms with van der Waals surface area (Å²) in [5, 5.41) is 19.4. The minimum absolute atomic E-state index is 0.0779. The highest BCUT2D eigenvalue weighted by molar-refractivity contribution is 5.95. The van der Waals surface area contributed by atoms with Crippen LogP contribution in [0, 0.1) is 5.92 Å². The molecule has 1 saturated heterocycles. The summed E-state index contributed by atoms with van der Waals surface area (Å²) in [6.07, 6.45) is 0.539. The highest BCUT2D eigenvalue weighted by atomic mass is 16.4. The van der Waals surface area contributed by atoms with Crippen molar-refractivity contribution in [1.29, 1.82) is 0 Å². The van der Waals surface area contributed by atoms with Crippen molar-refractivity contribution in [2.75, 3.05) is 6.54 Å². The van der Waals surface area contributed by atoms with Gasteiger partial charge in [0.15, 0.2) is 0 Å². The SMILES string of the molecule is CC(C)C(NC(=O)C(CCC(N)=O)NC(=O)C1CCCN1)C(=O)NC(CC(N)=O)C(=O)O. The molecule has 0 bridgehead atoms. The highest BCUT2D eigenvalue weighted by Crippen LogP contribution is 2.09. The van der Waals surface area contributed by atoms with Crippen molar-refractivity contribution >= 4 is 35.5 Å². The average Bonchev–Trinajstić information content (AvgIpc) is 3.22. The zero-order valence-electron chi connectivity index (χ0n) is 18.2. The molecular formula is C19H32N6O7. The average molecular weight is 457 g/mol. The summed E-state index contributed by atoms with van der Waals surface area (Å²) in [4.78, 5) is 71.4. The maximum atomic E-state index is 12.9. The number of carbonyl (C=O) groups is 6. The van der Waals surface area contributed by atoms with E-state index in [4.69, 9.17) is 11.5 Å². The molecule has 0 saturated carbocycles. The molecule has 1 heterocycles. The molecule has 9 N–H and O–H groups in total. The molecule has 1 fully saturated rings. The summed E-state index contributed by atoms with van der Waals surface area (Å²) < 4.78 is 0. The van der Waals surface area contributed by atoms with E-state index in [0.29, 0.717) is 13.0 Å². The topological polar surface area (TPSA) is 223 Å². The fourth-order valence-electron chi connectivity index (χ4n) is 3.19. The van der Waals surface area contributed by atoms with Crippen LogP contribution < -0.4 is 32.7 Å². The predicted molar refractivity (Wildman–Crippen MR) is 112 cm³/mol. The van der Waals surface area contributed by atoms with Gasteiger partial charge in [-0.1, -0.05) is 13.8 Å². The van der Waals surface area contributed by atoms with Crippen molar-refractivity contribution in [2.45, 2.75) is 70.1 Å². The number of primary amides is 2. The molecule has 0 spiro atoms. The summed E-state index contributed by atoms with van der Waals surface area (Å²) in [5.74, 6) is -5.48. The Kier molecular flexibility index (Phi) is 10.5. The molecule has 0 aromatic rings. The Morgan fingerprint density at radius 3 is 2.09 bits per heavy atom. The molecule has 32 heavy (non-hydrogen) atoms. The lowest BCUT2D eigenvalue weighted by Crippen LogP contribution is -2.58. The zero-order valence-corrected chi connectivity index (χ0v) is 18.2. The van der Waals surface area contributed by atoms with Gasteiger partial charge in [-0.05, 0) is 31.7 Å². The Labute approximate surface area is 185 Å². The molecule has 1 rings (SSSR count). The number of carboxylic acids is 1. The number of rotatable bonds is 13. The Morgan fingerprint density at radius 1 is 0.969 bits per heavy atom. The van der Waals surface area contributed by atoms with Gasteiger partial charge in [-0.15, -0.1) is 0 Å². The van der Waals surface area contributed by atoms with Gasteiger partial charge in [0.05, 0.1) is 12.5 Å². The monoisotopic (exact) mass is 456 g/mol. The third kappa shape index (κ3) is 8.88. The number of hydrogen-bond acceptors (Lipinski definition) is 7. The smallest absolute Gasteiger partial charge is 0.326 e. The number of carbonyl (C=O) groups excluding carboxylic acids is 5. The molecule has 1 aliphatic heterocycles. The summed E-state index contributed by atoms with van der Waals surface area (Å²) in [6, 6.07) is -4.33. The van der Waals surface area contributed by atoms with Crippen molar-refractivity contribution < 1.29 is 33.9 Å². The van der Waals surface area contributed by atoms with Gasteiger partial charge in [0, 0.05) is 6.42 Å². The van der Waals surface area contributed by atoms with Crippen molar-refractivity contribution in [1.82, 2.24) is 21.3 Å². The minimum atomic E-state index is -1.56. The van der Waals surface area contributed by atoms with Gasteiger partial charge in [0.25, 0.3) is 0 Å². The van der Waals surface area contributed by atoms with Gasteiger partial charge in [0.2, 0.25) is 29.5 Å². The third-order valence-electron chi connectivity index (χ3n) is 4.96. The van der Waals surface area contributed by atoms with E-state index in [1.807, 2.05) is 0 Å². The third-order valence-corrected chi connectivity index (χ3v) is 4.96. The molecule has 0 radical (unpaired) electrons. The lowest BCUT2D eigenvalue weighted by Gasteiger charge is -2.27. The van der Waals surface area contributed by atoms with Crippen LogP contribution in [0.5, 0.6) is 0 Å². The van der Waals surface area contributed by atoms with Gasteiger partial charge >= 0.3 is 5.97 Å². The van der Waals surface area contributed by atoms with Crippen molar-refractivity contribution in [3.63, 3.8) is 0 Å². The van der Waals surface area contributed by atoms with Gasteiger partial charge in [0.1, 0.15) is 18.1 Å². The second-order valence-corrected chi connectivity index (χ2v) is 8.02. The Morgan fingerprint density at radius 2 is 1.62 bits per heavy atom. The van der Waals surface area contributed by atoms with Crippen LogP contribution in [-0.4, -0.2) is 71.3 Å². The zero-order chi connectivity index (χ0) is 24.4. The number of carboxylic acid groups (broad SMARTS) is 1. The standard InChI is InChI=1S/C19H32N6O7/c1-9(2)15(18(30)24-12(19(31)32)8-14(21)27)25-17(29)11(5-6-13(20)26)23-16(28)10-4-3-7-22-10/h9-12,15,22H,3-8H2,1-2H3,(H2,20,26)(H2,21,27)(H,23,28)(H,24,30)(H,25,29)(H,31,32). The van der Waals surface area contributed by atoms with E-state index in [0.717, 1.165) is 6.42 Å². The van der Waals surface area contributed by atoms with Gasteiger partial charge in [-0.3, -0.25) is 24.0 Å². The fourth-order valence-corrected chi connectivity index (χ4v) is 3.19. The first-order valence-electron chi connectivity index (χ1n) is 10.4. The first-order chi connectivity index (χ1) is 14.9. The minimum Gasteiger partial charge on any atom is -0.480 e. The quantitative estimate of drug-likeness (QED) is 0.152. The Balaban J connectivity index is 2.91. The van der Waals surface area contributed by atoms with E-state index in [-0.39, 0.29) is 12.8 Å². The first-order valence-corrected chi connectivity index (χ1v) is 10.4. The molecule has 0 aliphatic carbocycles. The van der Waals surface area contributed by atoms with E-state index in [1.54, 1.807) is 13.8 Å². The molecule has 0 aromatic heterocycles. The molecule has 4 unspecified atom stereocenters. The van der Waals surface area contributed by atoms with Crippen LogP contribution in [0.15, 0.2) is 0 Å². The van der Waals surface area contributed by atoms with Gasteiger partial charge < -0.3 is 37.8 Å². The van der Waals surface area contributed by atoms with Crippen LogP contribution in [0.1, 0.15) is 46.0 Å². The van der Waals surface area contributed by atoms with Crippen LogP contribution in [0.3, 0.4) is 0 Å². The largest absolute Gasteiger partial charge is 0.480 e. The van der Waals surface area contributed by atoms with E-state index in [2.05, 4.69) is 21.3 Å². The van der Waals surface area contributed by atoms with Gasteiger partial charge in [-0.25, -0.2) is 4.79 Å². The number of nitrogens with one attached hydrogen (secondary N) is 4. The van der Waals surface area contributed by atoms with E-state index >= 15 is 0 Å². The summed E-state index contributed by atoms with van der Waals surface area (Å²) >= 11 is 0. The molecule has 180 valence electrons. The molecular weight excluding hydrogens is 424 g/mol. The molecule has 5 amide bonds. The number of aliphatic carboxylic acids is 1. The summed E-state index contributed by atoms with van der Waals surface area (Å²) in [5.41, 5.74) is 10.2. The second kappa shape index (κ2) is 12.6. The molecule has 1 aliphatic rings. The first kappa shape index (κ1) is 26.8. The van der Waals surface area contributed by atoms with Crippen LogP contribution in [0.25, 0.3) is 0 Å². The van der Waals surface area contributed by atoms with Crippen molar-refractivity contribution in [3.8, 4) is 0 Å². The molecule has 13 heteroatoms. The van der Waals surface area contributed by atoms with Gasteiger partial charge in [-0.2, -0.15) is 0 Å². The van der Waals surface area contributed by atoms with E-state index in [1.165, 1.54) is 0 Å². The lowest BCUT2D eigenvalue weighted by molar-refractivity contribution is -0.144. The normalized spacial score (nSPS) is 18.3. The molecule has 13 nitrogen and oxygen atoms in total. The maximum Gasteiger partial charge on any atom is 0.326 e. The lowest BCUT2D eigenvalue weighted by atomic mass is 10.0. The number of amides is 5. The van der Waals surface area contributed by atoms with Crippen LogP contribution in [0.2, 0.25) is 0 Å². The maximum absolute atomic E-state index is 12.9. The van der Waals surface area contributed by atoms with Crippen LogP contribution in [-0.2, 0) is 28.8 Å². The Bertz CT molecular complexity index is 736. The van der Waals surface area contributed by atoms with Crippen LogP contribution >= 0.6 is 0 Å². The predicted octanol–water partition coefficient (Wildman–Crippen LogP) is -2.93. The highest BCUT2D eigenvalue weighted by Gasteiger charge is 2.33. The molecule has 4 atom stereocenters.